The Morgan fingerprint density at radius 3 is 1.81 bits per heavy atom. The van der Waals surface area contributed by atoms with E-state index in [1.54, 1.807) is 27.7 Å². The summed E-state index contributed by atoms with van der Waals surface area (Å²) < 4.78 is 5.64. The van der Waals surface area contributed by atoms with Gasteiger partial charge in [0.05, 0.1) is 6.61 Å². The van der Waals surface area contributed by atoms with Crippen LogP contribution in [0, 0.1) is 34.8 Å². The van der Waals surface area contributed by atoms with Crippen LogP contribution in [0.25, 0.3) is 0 Å². The van der Waals surface area contributed by atoms with Gasteiger partial charge in [0.15, 0.2) is 0 Å². The van der Waals surface area contributed by atoms with Gasteiger partial charge in [-0.05, 0) is 64.2 Å². The zero-order valence-electron chi connectivity index (χ0n) is 19.2. The number of piperidine rings is 1. The summed E-state index contributed by atoms with van der Waals surface area (Å²) in [5.74, 6) is 0.253. The molecule has 7 heteroatoms. The molecular formula is C25H33N2O5-. The summed E-state index contributed by atoms with van der Waals surface area (Å²) in [5.41, 5.74) is -3.46. The molecule has 4 rings (SSSR count). The number of hydroxylamine groups is 2. The molecule has 0 aromatic heterocycles. The van der Waals surface area contributed by atoms with Crippen molar-refractivity contribution < 1.29 is 19.4 Å². The Balaban J connectivity index is 1.47. The molecule has 4 unspecified atom stereocenters. The number of nitrogens with zero attached hydrogens (tertiary/aromatic N) is 1. The Hall–Kier alpha value is -2.38. The van der Waals surface area contributed by atoms with Crippen molar-refractivity contribution in [1.29, 1.82) is 0 Å². The number of hydrogen-bond donors (Lipinski definition) is 2. The van der Waals surface area contributed by atoms with Gasteiger partial charge >= 0.3 is 12.1 Å². The minimum Gasteiger partial charge on any atom is -0.784 e. The number of rotatable bonds is 4. The monoisotopic (exact) mass is 441 g/mol. The van der Waals surface area contributed by atoms with E-state index in [1.807, 2.05) is 12.2 Å². The summed E-state index contributed by atoms with van der Waals surface area (Å²) in [6.45, 7) is 7.03. The average Bonchev–Trinajstić information content (AvgIpc) is 3.04. The van der Waals surface area contributed by atoms with Gasteiger partial charge in [-0.25, -0.2) is 9.59 Å². The minimum atomic E-state index is -1.56. The SMILES string of the molecule is CC1(C)CC(NC(=O)OCC2C3C=CC=CC3C3C=CC=CC32)(C(=O)O)CC(C)(C)N1[O-]. The molecule has 1 saturated carbocycles. The normalized spacial score (nSPS) is 35.7. The molecule has 0 radical (unpaired) electrons. The molecule has 4 atom stereocenters. The number of hydrogen-bond acceptors (Lipinski definition) is 5. The van der Waals surface area contributed by atoms with E-state index in [0.29, 0.717) is 11.8 Å². The lowest BCUT2D eigenvalue weighted by Crippen LogP contribution is -2.70. The van der Waals surface area contributed by atoms with Gasteiger partial charge in [-0.15, -0.1) is 0 Å². The Bertz CT molecular complexity index is 848. The third kappa shape index (κ3) is 3.82. The molecule has 1 aliphatic heterocycles. The summed E-state index contributed by atoms with van der Waals surface area (Å²) in [6.07, 6.45) is 16.3. The molecule has 0 aromatic carbocycles. The minimum absolute atomic E-state index is 0.00272. The van der Waals surface area contributed by atoms with Gasteiger partial charge in [-0.1, -0.05) is 48.6 Å². The fourth-order valence-electron chi connectivity index (χ4n) is 6.59. The topological polar surface area (TPSA) is 102 Å². The van der Waals surface area contributed by atoms with E-state index in [1.165, 1.54) is 0 Å². The highest BCUT2D eigenvalue weighted by molar-refractivity contribution is 5.85. The van der Waals surface area contributed by atoms with Crippen LogP contribution in [0.1, 0.15) is 40.5 Å². The maximum atomic E-state index is 12.8. The van der Waals surface area contributed by atoms with Crippen LogP contribution in [0.4, 0.5) is 4.79 Å². The quantitative estimate of drug-likeness (QED) is 0.683. The lowest BCUT2D eigenvalue weighted by Gasteiger charge is -2.62. The van der Waals surface area contributed by atoms with Crippen LogP contribution < -0.4 is 5.32 Å². The van der Waals surface area contributed by atoms with Crippen LogP contribution >= 0.6 is 0 Å². The number of nitrogens with one attached hydrogen (secondary N) is 1. The van der Waals surface area contributed by atoms with Crippen molar-refractivity contribution in [3.63, 3.8) is 0 Å². The highest BCUT2D eigenvalue weighted by Crippen LogP contribution is 2.51. The van der Waals surface area contributed by atoms with Gasteiger partial charge in [0.2, 0.25) is 0 Å². The van der Waals surface area contributed by atoms with Crippen molar-refractivity contribution in [3.05, 3.63) is 53.8 Å². The number of ether oxygens (including phenoxy) is 1. The zero-order valence-corrected chi connectivity index (χ0v) is 19.2. The molecule has 0 aromatic rings. The number of aliphatic carboxylic acids is 1. The predicted molar refractivity (Wildman–Crippen MR) is 121 cm³/mol. The van der Waals surface area contributed by atoms with Crippen LogP contribution in [0.5, 0.6) is 0 Å². The fourth-order valence-corrected chi connectivity index (χ4v) is 6.59. The molecule has 1 heterocycles. The van der Waals surface area contributed by atoms with Crippen LogP contribution in [0.15, 0.2) is 48.6 Å². The van der Waals surface area contributed by atoms with Crippen LogP contribution in [0.2, 0.25) is 0 Å². The number of carbonyl (C=O) groups excluding carboxylic acids is 1. The number of carbonyl (C=O) groups is 2. The second kappa shape index (κ2) is 7.89. The summed E-state index contributed by atoms with van der Waals surface area (Å²) in [6, 6.07) is 0. The number of alkyl carbamates (subject to hydrolysis) is 1. The van der Waals surface area contributed by atoms with Crippen LogP contribution in [0.3, 0.4) is 0 Å². The maximum Gasteiger partial charge on any atom is 0.408 e. The van der Waals surface area contributed by atoms with E-state index in [2.05, 4.69) is 41.8 Å². The molecule has 0 bridgehead atoms. The number of fused-ring (bicyclic) bond motifs is 3. The first kappa shape index (κ1) is 22.8. The second-order valence-corrected chi connectivity index (χ2v) is 10.9. The van der Waals surface area contributed by atoms with Crippen molar-refractivity contribution in [2.24, 2.45) is 29.6 Å². The molecule has 32 heavy (non-hydrogen) atoms. The average molecular weight is 442 g/mol. The highest BCUT2D eigenvalue weighted by Gasteiger charge is 2.54. The molecule has 174 valence electrons. The van der Waals surface area contributed by atoms with Crippen molar-refractivity contribution in [1.82, 2.24) is 10.4 Å². The Kier molecular flexibility index (Phi) is 5.62. The van der Waals surface area contributed by atoms with Crippen LogP contribution in [-0.2, 0) is 9.53 Å². The first-order valence-electron chi connectivity index (χ1n) is 11.3. The van der Waals surface area contributed by atoms with Gasteiger partial charge in [-0.3, -0.25) is 0 Å². The van der Waals surface area contributed by atoms with Gasteiger partial charge < -0.3 is 25.4 Å². The summed E-state index contributed by atoms with van der Waals surface area (Å²) in [5, 5.41) is 26.3. The standard InChI is InChI=1S/C25H33N2O5/c1-23(2)14-25(21(28)29,15-24(3,4)27(23)31)26-22(30)32-13-20-18-11-7-5-9-16(18)17-10-6-8-12-19(17)20/h5-12,16-20H,13-15H2,1-4H3,(H,26,30)(H,28,29)/q-1. The van der Waals surface area contributed by atoms with E-state index in [4.69, 9.17) is 4.74 Å². The third-order valence-electron chi connectivity index (χ3n) is 7.60. The van der Waals surface area contributed by atoms with E-state index in [-0.39, 0.29) is 37.2 Å². The lowest BCUT2D eigenvalue weighted by molar-refractivity contribution is -0.153. The first-order chi connectivity index (χ1) is 15.0. The lowest BCUT2D eigenvalue weighted by atomic mass is 9.70. The molecule has 7 nitrogen and oxygen atoms in total. The number of carboxylic acids is 1. The summed E-state index contributed by atoms with van der Waals surface area (Å²) >= 11 is 0. The zero-order chi connectivity index (χ0) is 23.3. The molecule has 1 saturated heterocycles. The third-order valence-corrected chi connectivity index (χ3v) is 7.60. The molecule has 0 spiro atoms. The van der Waals surface area contributed by atoms with Crippen molar-refractivity contribution in [3.8, 4) is 0 Å². The van der Waals surface area contributed by atoms with Gasteiger partial charge in [0.1, 0.15) is 5.54 Å². The summed E-state index contributed by atoms with van der Waals surface area (Å²) in [4.78, 5) is 25.2. The largest absolute Gasteiger partial charge is 0.784 e. The van der Waals surface area contributed by atoms with Crippen molar-refractivity contribution in [2.75, 3.05) is 6.61 Å². The highest BCUT2D eigenvalue weighted by atomic mass is 16.5. The second-order valence-electron chi connectivity index (χ2n) is 10.9. The van der Waals surface area contributed by atoms with Crippen molar-refractivity contribution in [2.45, 2.75) is 57.2 Å². The Labute approximate surface area is 189 Å². The first-order valence-corrected chi connectivity index (χ1v) is 11.3. The van der Waals surface area contributed by atoms with E-state index < -0.39 is 28.7 Å². The molecule has 4 aliphatic rings. The van der Waals surface area contributed by atoms with Gasteiger partial charge in [-0.2, -0.15) is 0 Å². The predicted octanol–water partition coefficient (Wildman–Crippen LogP) is 4.03. The molecule has 3 aliphatic carbocycles. The Morgan fingerprint density at radius 1 is 0.938 bits per heavy atom. The van der Waals surface area contributed by atoms with Crippen molar-refractivity contribution >= 4 is 12.1 Å². The molecular weight excluding hydrogens is 408 g/mol. The molecule has 2 N–H and O–H groups in total. The van der Waals surface area contributed by atoms with Gasteiger partial charge in [0, 0.05) is 17.0 Å². The van der Waals surface area contributed by atoms with E-state index in [0.717, 1.165) is 5.06 Å². The number of amides is 1. The number of allylic oxidation sites excluding steroid dienone is 8. The molecule has 1 amide bonds. The summed E-state index contributed by atoms with van der Waals surface area (Å²) in [7, 11) is 0. The van der Waals surface area contributed by atoms with E-state index >= 15 is 0 Å². The maximum absolute atomic E-state index is 12.8. The molecule has 2 fully saturated rings. The van der Waals surface area contributed by atoms with Crippen LogP contribution in [-0.4, -0.2) is 45.5 Å². The van der Waals surface area contributed by atoms with Gasteiger partial charge in [0.25, 0.3) is 0 Å². The number of carboxylic acid groups (broad SMARTS) is 1. The fraction of sp³-hybridized carbons (Fsp3) is 0.600. The Morgan fingerprint density at radius 2 is 1.38 bits per heavy atom. The smallest absolute Gasteiger partial charge is 0.408 e. The van der Waals surface area contributed by atoms with E-state index in [9.17, 15) is 19.9 Å².